The maximum absolute atomic E-state index is 12.7. The Hall–Kier alpha value is -3.01. The van der Waals surface area contributed by atoms with Crippen LogP contribution in [-0.2, 0) is 26.0 Å². The summed E-state index contributed by atoms with van der Waals surface area (Å²) in [6.45, 7) is 5.45. The zero-order chi connectivity index (χ0) is 23.4. The van der Waals surface area contributed by atoms with Gasteiger partial charge in [-0.1, -0.05) is 18.2 Å². The molecule has 1 aromatic heterocycles. The van der Waals surface area contributed by atoms with Crippen LogP contribution in [-0.4, -0.2) is 54.7 Å². The summed E-state index contributed by atoms with van der Waals surface area (Å²) in [6.07, 6.45) is 0.871. The molecule has 3 aromatic rings. The van der Waals surface area contributed by atoms with Crippen molar-refractivity contribution in [3.8, 4) is 5.69 Å². The smallest absolute Gasteiger partial charge is 0.243 e. The van der Waals surface area contributed by atoms with E-state index < -0.39 is 10.0 Å². The number of sulfonamides is 1. The molecule has 0 radical (unpaired) electrons. The van der Waals surface area contributed by atoms with Gasteiger partial charge < -0.3 is 10.1 Å². The van der Waals surface area contributed by atoms with Gasteiger partial charge in [-0.2, -0.15) is 9.40 Å². The Labute approximate surface area is 194 Å². The fraction of sp³-hybridized carbons (Fsp3) is 0.333. The van der Waals surface area contributed by atoms with Crippen molar-refractivity contribution in [1.29, 1.82) is 0 Å². The topological polar surface area (TPSA) is 93.5 Å². The van der Waals surface area contributed by atoms with Gasteiger partial charge >= 0.3 is 0 Å². The molecule has 1 N–H and O–H groups in total. The van der Waals surface area contributed by atoms with Crippen molar-refractivity contribution in [1.82, 2.24) is 14.1 Å². The summed E-state index contributed by atoms with van der Waals surface area (Å²) in [4.78, 5) is 12.7. The second-order valence-corrected chi connectivity index (χ2v) is 9.92. The van der Waals surface area contributed by atoms with E-state index in [1.54, 1.807) is 12.1 Å². The van der Waals surface area contributed by atoms with Crippen molar-refractivity contribution < 1.29 is 17.9 Å². The molecule has 0 spiro atoms. The van der Waals surface area contributed by atoms with Crippen molar-refractivity contribution in [3.63, 3.8) is 0 Å². The van der Waals surface area contributed by atoms with Crippen LogP contribution >= 0.6 is 0 Å². The summed E-state index contributed by atoms with van der Waals surface area (Å²) in [7, 11) is -3.55. The molecule has 2 heterocycles. The second-order valence-electron chi connectivity index (χ2n) is 7.99. The Bertz CT molecular complexity index is 1220. The summed E-state index contributed by atoms with van der Waals surface area (Å²) in [5.41, 5.74) is 4.53. The van der Waals surface area contributed by atoms with Crippen LogP contribution < -0.4 is 5.32 Å². The lowest BCUT2D eigenvalue weighted by Gasteiger charge is -2.26. The first-order chi connectivity index (χ1) is 15.9. The first-order valence-electron chi connectivity index (χ1n) is 10.9. The number of nitrogens with zero attached hydrogens (tertiary/aromatic N) is 3. The highest BCUT2D eigenvalue weighted by molar-refractivity contribution is 7.89. The van der Waals surface area contributed by atoms with Gasteiger partial charge in [-0.15, -0.1) is 0 Å². The van der Waals surface area contributed by atoms with E-state index in [0.717, 1.165) is 22.6 Å². The minimum Gasteiger partial charge on any atom is -0.379 e. The van der Waals surface area contributed by atoms with Crippen LogP contribution in [0.25, 0.3) is 5.69 Å². The van der Waals surface area contributed by atoms with E-state index in [9.17, 15) is 13.2 Å². The molecule has 9 heteroatoms. The highest BCUT2D eigenvalue weighted by Crippen LogP contribution is 2.21. The van der Waals surface area contributed by atoms with Gasteiger partial charge in [0.05, 0.1) is 29.5 Å². The van der Waals surface area contributed by atoms with E-state index in [0.29, 0.717) is 44.8 Å². The molecule has 0 saturated carbocycles. The molecule has 8 nitrogen and oxygen atoms in total. The normalized spacial score (nSPS) is 14.8. The third-order valence-electron chi connectivity index (χ3n) is 5.79. The highest BCUT2D eigenvalue weighted by Gasteiger charge is 2.26. The summed E-state index contributed by atoms with van der Waals surface area (Å²) in [5, 5.41) is 7.48. The zero-order valence-corrected chi connectivity index (χ0v) is 19.6. The maximum Gasteiger partial charge on any atom is 0.243 e. The molecule has 0 bridgehead atoms. The number of amides is 1. The van der Waals surface area contributed by atoms with Crippen LogP contribution in [0.2, 0.25) is 0 Å². The minimum absolute atomic E-state index is 0.134. The van der Waals surface area contributed by atoms with Gasteiger partial charge in [0.25, 0.3) is 0 Å². The van der Waals surface area contributed by atoms with Crippen molar-refractivity contribution in [2.45, 2.75) is 31.6 Å². The predicted molar refractivity (Wildman–Crippen MR) is 126 cm³/mol. The lowest BCUT2D eigenvalue weighted by Crippen LogP contribution is -2.40. The second kappa shape index (κ2) is 9.86. The molecule has 1 aliphatic heterocycles. The summed E-state index contributed by atoms with van der Waals surface area (Å²) >= 11 is 0. The van der Waals surface area contributed by atoms with Crippen molar-refractivity contribution in [2.24, 2.45) is 0 Å². The average Bonchev–Trinajstić information content (AvgIpc) is 3.12. The number of aryl methyl sites for hydroxylation is 1. The van der Waals surface area contributed by atoms with Gasteiger partial charge in [0, 0.05) is 30.9 Å². The van der Waals surface area contributed by atoms with Crippen LogP contribution in [0.3, 0.4) is 0 Å². The fourth-order valence-electron chi connectivity index (χ4n) is 3.97. The zero-order valence-electron chi connectivity index (χ0n) is 18.8. The largest absolute Gasteiger partial charge is 0.379 e. The lowest BCUT2D eigenvalue weighted by atomic mass is 10.1. The molecule has 0 atom stereocenters. The molecular weight excluding hydrogens is 440 g/mol. The number of rotatable bonds is 7. The number of nitrogens with one attached hydrogen (secondary N) is 1. The van der Waals surface area contributed by atoms with Crippen molar-refractivity contribution in [2.75, 3.05) is 31.6 Å². The van der Waals surface area contributed by atoms with E-state index in [1.165, 1.54) is 16.4 Å². The molecular formula is C24H28N4O4S. The number of hydrogen-bond acceptors (Lipinski definition) is 5. The number of anilines is 1. The number of para-hydroxylation sites is 1. The number of aromatic nitrogens is 2. The Balaban J connectivity index is 1.37. The SMILES string of the molecule is Cc1nn(-c2ccccc2)c(C)c1CCC(=O)Nc1ccc(S(=O)(=O)N2CCOCC2)cc1. The van der Waals surface area contributed by atoms with Crippen LogP contribution in [0.5, 0.6) is 0 Å². The molecule has 1 saturated heterocycles. The van der Waals surface area contributed by atoms with E-state index in [2.05, 4.69) is 10.4 Å². The average molecular weight is 469 g/mol. The first-order valence-corrected chi connectivity index (χ1v) is 12.4. The fourth-order valence-corrected chi connectivity index (χ4v) is 5.37. The lowest BCUT2D eigenvalue weighted by molar-refractivity contribution is -0.116. The molecule has 174 valence electrons. The quantitative estimate of drug-likeness (QED) is 0.575. The molecule has 1 aliphatic rings. The Morgan fingerprint density at radius 2 is 1.70 bits per heavy atom. The number of hydrogen-bond donors (Lipinski definition) is 1. The van der Waals surface area contributed by atoms with Crippen LogP contribution in [0.1, 0.15) is 23.4 Å². The Kier molecular flexibility index (Phi) is 6.92. The van der Waals surface area contributed by atoms with E-state index in [1.807, 2.05) is 48.9 Å². The number of carbonyl (C=O) groups is 1. The highest BCUT2D eigenvalue weighted by atomic mass is 32.2. The summed E-state index contributed by atoms with van der Waals surface area (Å²) < 4.78 is 34.0. The number of morpholine rings is 1. The van der Waals surface area contributed by atoms with Crippen LogP contribution in [0.4, 0.5) is 5.69 Å². The monoisotopic (exact) mass is 468 g/mol. The van der Waals surface area contributed by atoms with Gasteiger partial charge in [0.1, 0.15) is 0 Å². The van der Waals surface area contributed by atoms with Gasteiger partial charge in [-0.3, -0.25) is 4.79 Å². The van der Waals surface area contributed by atoms with Gasteiger partial charge in [-0.25, -0.2) is 13.1 Å². The third-order valence-corrected chi connectivity index (χ3v) is 7.70. The molecule has 4 rings (SSSR count). The van der Waals surface area contributed by atoms with E-state index in [4.69, 9.17) is 4.74 Å². The molecule has 0 unspecified atom stereocenters. The Morgan fingerprint density at radius 1 is 1.03 bits per heavy atom. The molecule has 1 amide bonds. The Morgan fingerprint density at radius 3 is 2.36 bits per heavy atom. The standard InChI is InChI=1S/C24H28N4O4S/c1-18-23(19(2)28(26-18)21-6-4-3-5-7-21)12-13-24(29)25-20-8-10-22(11-9-20)33(30,31)27-14-16-32-17-15-27/h3-11H,12-17H2,1-2H3,(H,25,29). The van der Waals surface area contributed by atoms with E-state index in [-0.39, 0.29) is 10.8 Å². The molecule has 2 aromatic carbocycles. The van der Waals surface area contributed by atoms with Crippen molar-refractivity contribution in [3.05, 3.63) is 71.5 Å². The van der Waals surface area contributed by atoms with E-state index >= 15 is 0 Å². The summed E-state index contributed by atoms with van der Waals surface area (Å²) in [5.74, 6) is -0.134. The minimum atomic E-state index is -3.55. The molecule has 0 aliphatic carbocycles. The maximum atomic E-state index is 12.7. The predicted octanol–water partition coefficient (Wildman–Crippen LogP) is 3.08. The first kappa shape index (κ1) is 23.2. The summed E-state index contributed by atoms with van der Waals surface area (Å²) in [6, 6.07) is 16.2. The third kappa shape index (κ3) is 5.16. The molecule has 33 heavy (non-hydrogen) atoms. The number of benzene rings is 2. The van der Waals surface area contributed by atoms with Gasteiger partial charge in [0.2, 0.25) is 15.9 Å². The van der Waals surface area contributed by atoms with Gasteiger partial charge in [0.15, 0.2) is 0 Å². The van der Waals surface area contributed by atoms with Crippen LogP contribution in [0.15, 0.2) is 59.5 Å². The van der Waals surface area contributed by atoms with Crippen molar-refractivity contribution >= 4 is 21.6 Å². The molecule has 1 fully saturated rings. The number of carbonyl (C=O) groups excluding carboxylic acids is 1. The van der Waals surface area contributed by atoms with Crippen LogP contribution in [0, 0.1) is 13.8 Å². The number of ether oxygens (including phenoxy) is 1. The van der Waals surface area contributed by atoms with Gasteiger partial charge in [-0.05, 0) is 62.2 Å².